The van der Waals surface area contributed by atoms with Gasteiger partial charge in [-0.15, -0.1) is 0 Å². The third-order valence-electron chi connectivity index (χ3n) is 4.45. The molecule has 1 aliphatic rings. The number of ether oxygens (including phenoxy) is 1. The molecule has 0 aliphatic carbocycles. The highest BCUT2D eigenvalue weighted by Crippen LogP contribution is 2.30. The van der Waals surface area contributed by atoms with Crippen LogP contribution in [0.15, 0.2) is 59.5 Å². The maximum absolute atomic E-state index is 13.5. The van der Waals surface area contributed by atoms with Crippen molar-refractivity contribution in [2.75, 3.05) is 6.54 Å². The molecule has 7 heteroatoms. The first-order valence-electron chi connectivity index (χ1n) is 8.61. The molecule has 0 fully saturated rings. The van der Waals surface area contributed by atoms with Crippen molar-refractivity contribution in [3.8, 4) is 11.4 Å². The lowest BCUT2D eigenvalue weighted by Crippen LogP contribution is -2.20. The lowest BCUT2D eigenvalue weighted by molar-refractivity contribution is 0.196. The summed E-state index contributed by atoms with van der Waals surface area (Å²) < 4.78 is 34.1. The van der Waals surface area contributed by atoms with E-state index in [1.165, 1.54) is 22.9 Å². The molecule has 4 rings (SSSR count). The van der Waals surface area contributed by atoms with Gasteiger partial charge in [-0.05, 0) is 35.9 Å². The van der Waals surface area contributed by atoms with Gasteiger partial charge in [-0.1, -0.05) is 6.07 Å². The van der Waals surface area contributed by atoms with E-state index in [4.69, 9.17) is 4.74 Å². The molecule has 1 atom stereocenters. The monoisotopic (exact) mass is 369 g/mol. The SMILES string of the molecule is O=c1cccnn1-c1ccc2c(c1)CNCCC2Oc1cc(F)cc(F)c1. The molecule has 1 unspecified atom stereocenters. The predicted molar refractivity (Wildman–Crippen MR) is 95.9 cm³/mol. The van der Waals surface area contributed by atoms with Crippen molar-refractivity contribution in [3.63, 3.8) is 0 Å². The fourth-order valence-electron chi connectivity index (χ4n) is 3.24. The molecule has 0 saturated carbocycles. The molecular formula is C20H17F2N3O2. The second-order valence-corrected chi connectivity index (χ2v) is 6.33. The summed E-state index contributed by atoms with van der Waals surface area (Å²) in [7, 11) is 0. The van der Waals surface area contributed by atoms with Crippen LogP contribution in [-0.2, 0) is 6.54 Å². The van der Waals surface area contributed by atoms with E-state index in [0.29, 0.717) is 25.2 Å². The minimum atomic E-state index is -0.679. The minimum absolute atomic E-state index is 0.148. The van der Waals surface area contributed by atoms with E-state index >= 15 is 0 Å². The largest absolute Gasteiger partial charge is 0.485 e. The van der Waals surface area contributed by atoms with Gasteiger partial charge >= 0.3 is 0 Å². The normalized spacial score (nSPS) is 16.4. The van der Waals surface area contributed by atoms with Gasteiger partial charge in [0.15, 0.2) is 0 Å². The van der Waals surface area contributed by atoms with Crippen LogP contribution in [0.1, 0.15) is 23.7 Å². The van der Waals surface area contributed by atoms with Gasteiger partial charge in [0.05, 0.1) is 5.69 Å². The number of fused-ring (bicyclic) bond motifs is 1. The highest BCUT2D eigenvalue weighted by atomic mass is 19.1. The summed E-state index contributed by atoms with van der Waals surface area (Å²) in [6.45, 7) is 1.29. The number of hydrogen-bond acceptors (Lipinski definition) is 4. The highest BCUT2D eigenvalue weighted by Gasteiger charge is 2.21. The number of rotatable bonds is 3. The average molecular weight is 369 g/mol. The summed E-state index contributed by atoms with van der Waals surface area (Å²) >= 11 is 0. The lowest BCUT2D eigenvalue weighted by atomic mass is 10.0. The van der Waals surface area contributed by atoms with Gasteiger partial charge in [0.25, 0.3) is 5.56 Å². The first-order valence-corrected chi connectivity index (χ1v) is 8.61. The van der Waals surface area contributed by atoms with Crippen LogP contribution in [0, 0.1) is 11.6 Å². The zero-order chi connectivity index (χ0) is 18.8. The molecular weight excluding hydrogens is 352 g/mol. The van der Waals surface area contributed by atoms with E-state index in [2.05, 4.69) is 10.4 Å². The zero-order valence-corrected chi connectivity index (χ0v) is 14.4. The first kappa shape index (κ1) is 17.4. The van der Waals surface area contributed by atoms with Crippen molar-refractivity contribution in [1.29, 1.82) is 0 Å². The van der Waals surface area contributed by atoms with Crippen LogP contribution in [-0.4, -0.2) is 16.3 Å². The van der Waals surface area contributed by atoms with Crippen LogP contribution in [0.5, 0.6) is 5.75 Å². The number of aromatic nitrogens is 2. The van der Waals surface area contributed by atoms with E-state index < -0.39 is 11.6 Å². The Morgan fingerprint density at radius 2 is 1.93 bits per heavy atom. The Morgan fingerprint density at radius 1 is 1.11 bits per heavy atom. The zero-order valence-electron chi connectivity index (χ0n) is 14.4. The Balaban J connectivity index is 1.69. The number of halogens is 2. The summed E-state index contributed by atoms with van der Waals surface area (Å²) in [5.74, 6) is -1.21. The Kier molecular flexibility index (Phi) is 4.68. The van der Waals surface area contributed by atoms with Gasteiger partial charge in [-0.2, -0.15) is 9.78 Å². The third kappa shape index (κ3) is 3.73. The van der Waals surface area contributed by atoms with Crippen molar-refractivity contribution in [1.82, 2.24) is 15.1 Å². The van der Waals surface area contributed by atoms with Gasteiger partial charge < -0.3 is 10.1 Å². The van der Waals surface area contributed by atoms with Crippen LogP contribution in [0.3, 0.4) is 0 Å². The Labute approximate surface area is 154 Å². The van der Waals surface area contributed by atoms with Crippen molar-refractivity contribution >= 4 is 0 Å². The molecule has 1 aromatic heterocycles. The summed E-state index contributed by atoms with van der Waals surface area (Å²) in [5.41, 5.74) is 2.29. The summed E-state index contributed by atoms with van der Waals surface area (Å²) in [4.78, 5) is 12.0. The van der Waals surface area contributed by atoms with Crippen LogP contribution in [0.25, 0.3) is 5.69 Å². The topological polar surface area (TPSA) is 56.2 Å². The molecule has 1 aliphatic heterocycles. The molecule has 2 aromatic carbocycles. The highest BCUT2D eigenvalue weighted by molar-refractivity contribution is 5.42. The van der Waals surface area contributed by atoms with Crippen LogP contribution >= 0.6 is 0 Å². The Bertz CT molecular complexity index is 1020. The van der Waals surface area contributed by atoms with Crippen molar-refractivity contribution in [3.05, 3.63) is 87.8 Å². The molecule has 5 nitrogen and oxygen atoms in total. The van der Waals surface area contributed by atoms with E-state index in [0.717, 1.165) is 17.2 Å². The molecule has 0 bridgehead atoms. The van der Waals surface area contributed by atoms with Gasteiger partial charge in [0.2, 0.25) is 0 Å². The predicted octanol–water partition coefficient (Wildman–Crippen LogP) is 3.12. The Hall–Kier alpha value is -3.06. The summed E-state index contributed by atoms with van der Waals surface area (Å²) in [6.07, 6.45) is 1.84. The second-order valence-electron chi connectivity index (χ2n) is 6.33. The molecule has 3 aromatic rings. The number of benzene rings is 2. The van der Waals surface area contributed by atoms with E-state index in [1.807, 2.05) is 12.1 Å². The molecule has 1 N–H and O–H groups in total. The van der Waals surface area contributed by atoms with Crippen LogP contribution in [0.4, 0.5) is 8.78 Å². The van der Waals surface area contributed by atoms with E-state index in [1.54, 1.807) is 18.3 Å². The van der Waals surface area contributed by atoms with Gasteiger partial charge in [-0.3, -0.25) is 4.79 Å². The summed E-state index contributed by atoms with van der Waals surface area (Å²) in [5, 5.41) is 7.40. The standard InChI is InChI=1S/C20H17F2N3O2/c21-14-9-15(22)11-17(10-14)27-19-5-7-23-12-13-8-16(3-4-18(13)19)25-20(26)2-1-6-24-25/h1-4,6,8-11,19,23H,5,7,12H2. The molecule has 0 amide bonds. The van der Waals surface area contributed by atoms with Crippen molar-refractivity contribution in [2.45, 2.75) is 19.1 Å². The number of nitrogens with zero attached hydrogens (tertiary/aromatic N) is 2. The van der Waals surface area contributed by atoms with E-state index in [-0.39, 0.29) is 17.4 Å². The van der Waals surface area contributed by atoms with Gasteiger partial charge in [-0.25, -0.2) is 8.78 Å². The fraction of sp³-hybridized carbons (Fsp3) is 0.200. The molecule has 27 heavy (non-hydrogen) atoms. The van der Waals surface area contributed by atoms with Gasteiger partial charge in [0.1, 0.15) is 23.5 Å². The van der Waals surface area contributed by atoms with Crippen LogP contribution < -0.4 is 15.6 Å². The van der Waals surface area contributed by atoms with Gasteiger partial charge in [0, 0.05) is 43.4 Å². The Morgan fingerprint density at radius 3 is 2.70 bits per heavy atom. The maximum atomic E-state index is 13.5. The number of hydrogen-bond donors (Lipinski definition) is 1. The molecule has 138 valence electrons. The molecule has 0 spiro atoms. The van der Waals surface area contributed by atoms with E-state index in [9.17, 15) is 13.6 Å². The smallest absolute Gasteiger partial charge is 0.271 e. The molecule has 0 radical (unpaired) electrons. The lowest BCUT2D eigenvalue weighted by Gasteiger charge is -2.20. The van der Waals surface area contributed by atoms with Crippen molar-refractivity contribution < 1.29 is 13.5 Å². The number of nitrogens with one attached hydrogen (secondary N) is 1. The summed E-state index contributed by atoms with van der Waals surface area (Å²) in [6, 6.07) is 11.7. The fourth-order valence-corrected chi connectivity index (χ4v) is 3.24. The maximum Gasteiger partial charge on any atom is 0.271 e. The third-order valence-corrected chi connectivity index (χ3v) is 4.45. The minimum Gasteiger partial charge on any atom is -0.485 e. The quantitative estimate of drug-likeness (QED) is 0.771. The van der Waals surface area contributed by atoms with Crippen LogP contribution in [0.2, 0.25) is 0 Å². The first-order chi connectivity index (χ1) is 13.1. The average Bonchev–Trinajstić information content (AvgIpc) is 2.83. The molecule has 2 heterocycles. The second kappa shape index (κ2) is 7.28. The van der Waals surface area contributed by atoms with Crippen molar-refractivity contribution in [2.24, 2.45) is 0 Å². The molecule has 0 saturated heterocycles.